The molecule has 29 heavy (non-hydrogen) atoms. The van der Waals surface area contributed by atoms with E-state index in [4.69, 9.17) is 9.47 Å². The molecule has 0 aliphatic carbocycles. The average molecular weight is 462 g/mol. The number of hydrogen-bond donors (Lipinski definition) is 0. The van der Waals surface area contributed by atoms with E-state index in [9.17, 15) is 14.0 Å². The van der Waals surface area contributed by atoms with Gasteiger partial charge < -0.3 is 14.4 Å². The van der Waals surface area contributed by atoms with Crippen LogP contribution in [0.15, 0.2) is 53.1 Å². The SMILES string of the molecule is CCOc1cc(Br)c(CC(=O)N2C=CC(=O)C[C@H]2c2ccc(F)cc2)cc1OC. The number of rotatable bonds is 6. The summed E-state index contributed by atoms with van der Waals surface area (Å²) in [6, 6.07) is 8.93. The zero-order chi connectivity index (χ0) is 21.0. The lowest BCUT2D eigenvalue weighted by Crippen LogP contribution is -2.35. The fraction of sp³-hybridized carbons (Fsp3) is 0.273. The van der Waals surface area contributed by atoms with Gasteiger partial charge in [-0.2, -0.15) is 0 Å². The molecule has 0 spiro atoms. The highest BCUT2D eigenvalue weighted by molar-refractivity contribution is 9.10. The molecular formula is C22H21BrFNO4. The molecule has 1 atom stereocenters. The van der Waals surface area contributed by atoms with Gasteiger partial charge in [-0.15, -0.1) is 0 Å². The van der Waals surface area contributed by atoms with Gasteiger partial charge >= 0.3 is 0 Å². The summed E-state index contributed by atoms with van der Waals surface area (Å²) < 4.78 is 24.9. The second-order valence-corrected chi connectivity index (χ2v) is 7.41. The standard InChI is InChI=1S/C22H21BrFNO4/c1-3-29-21-13-18(23)15(10-20(21)28-2)11-22(27)25-9-8-17(26)12-19(25)14-4-6-16(24)7-5-14/h4-10,13,19H,3,11-12H2,1-2H3/t19-/m0/s1. The Hall–Kier alpha value is -2.67. The molecule has 0 aromatic heterocycles. The first-order chi connectivity index (χ1) is 13.9. The number of allylic oxidation sites excluding steroid dienone is 1. The van der Waals surface area contributed by atoms with Gasteiger partial charge in [-0.05, 0) is 48.4 Å². The molecular weight excluding hydrogens is 441 g/mol. The van der Waals surface area contributed by atoms with Crippen LogP contribution in [-0.2, 0) is 16.0 Å². The van der Waals surface area contributed by atoms with E-state index in [1.54, 1.807) is 31.4 Å². The number of benzene rings is 2. The molecule has 5 nitrogen and oxygen atoms in total. The molecule has 1 amide bonds. The van der Waals surface area contributed by atoms with E-state index < -0.39 is 6.04 Å². The third kappa shape index (κ3) is 4.85. The summed E-state index contributed by atoms with van der Waals surface area (Å²) in [5.74, 6) is 0.500. The van der Waals surface area contributed by atoms with E-state index >= 15 is 0 Å². The van der Waals surface area contributed by atoms with Crippen LogP contribution in [0.3, 0.4) is 0 Å². The first-order valence-corrected chi connectivity index (χ1v) is 9.99. The Labute approximate surface area is 177 Å². The van der Waals surface area contributed by atoms with Crippen LogP contribution in [0.5, 0.6) is 11.5 Å². The van der Waals surface area contributed by atoms with Gasteiger partial charge in [-0.25, -0.2) is 4.39 Å². The fourth-order valence-electron chi connectivity index (χ4n) is 3.24. The molecule has 0 bridgehead atoms. The van der Waals surface area contributed by atoms with Crippen LogP contribution >= 0.6 is 15.9 Å². The molecule has 3 rings (SSSR count). The minimum atomic E-state index is -0.469. The lowest BCUT2D eigenvalue weighted by molar-refractivity contribution is -0.131. The van der Waals surface area contributed by atoms with Crippen molar-refractivity contribution < 1.29 is 23.5 Å². The second kappa shape index (κ2) is 9.22. The predicted octanol–water partition coefficient (Wildman–Crippen LogP) is 4.59. The van der Waals surface area contributed by atoms with Crippen molar-refractivity contribution in [1.82, 2.24) is 4.90 Å². The van der Waals surface area contributed by atoms with Crippen LogP contribution < -0.4 is 9.47 Å². The Bertz CT molecular complexity index is 943. The van der Waals surface area contributed by atoms with E-state index in [2.05, 4.69) is 15.9 Å². The number of ketones is 1. The van der Waals surface area contributed by atoms with Gasteiger partial charge in [-0.3, -0.25) is 9.59 Å². The summed E-state index contributed by atoms with van der Waals surface area (Å²) in [5, 5.41) is 0. The first kappa shape index (κ1) is 21.0. The van der Waals surface area contributed by atoms with Crippen molar-refractivity contribution in [3.63, 3.8) is 0 Å². The Morgan fingerprint density at radius 2 is 1.97 bits per heavy atom. The van der Waals surface area contributed by atoms with Crippen LogP contribution in [0.1, 0.15) is 30.5 Å². The molecule has 1 aliphatic heterocycles. The summed E-state index contributed by atoms with van der Waals surface area (Å²) in [7, 11) is 1.54. The van der Waals surface area contributed by atoms with Gasteiger partial charge in [0.15, 0.2) is 17.3 Å². The highest BCUT2D eigenvalue weighted by atomic mass is 79.9. The molecule has 1 heterocycles. The molecule has 0 fully saturated rings. The normalized spacial score (nSPS) is 16.1. The van der Waals surface area contributed by atoms with Crippen LogP contribution in [-0.4, -0.2) is 30.3 Å². The Kier molecular flexibility index (Phi) is 6.69. The summed E-state index contributed by atoms with van der Waals surface area (Å²) in [5.41, 5.74) is 1.44. The molecule has 2 aromatic rings. The zero-order valence-corrected chi connectivity index (χ0v) is 17.7. The maximum atomic E-state index is 13.3. The van der Waals surface area contributed by atoms with Gasteiger partial charge in [0.1, 0.15) is 5.82 Å². The van der Waals surface area contributed by atoms with Crippen molar-refractivity contribution in [2.24, 2.45) is 0 Å². The smallest absolute Gasteiger partial charge is 0.231 e. The Morgan fingerprint density at radius 3 is 2.62 bits per heavy atom. The van der Waals surface area contributed by atoms with Crippen molar-refractivity contribution in [2.75, 3.05) is 13.7 Å². The maximum Gasteiger partial charge on any atom is 0.231 e. The van der Waals surface area contributed by atoms with E-state index in [0.717, 1.165) is 10.0 Å². The molecule has 2 aromatic carbocycles. The largest absolute Gasteiger partial charge is 0.493 e. The highest BCUT2D eigenvalue weighted by Crippen LogP contribution is 2.35. The van der Waals surface area contributed by atoms with Crippen molar-refractivity contribution in [1.29, 1.82) is 0 Å². The summed E-state index contributed by atoms with van der Waals surface area (Å²) in [4.78, 5) is 26.6. The van der Waals surface area contributed by atoms with Crippen molar-refractivity contribution >= 4 is 27.6 Å². The second-order valence-electron chi connectivity index (χ2n) is 6.56. The number of methoxy groups -OCH3 is 1. The number of halogens is 2. The predicted molar refractivity (Wildman–Crippen MR) is 110 cm³/mol. The van der Waals surface area contributed by atoms with E-state index in [0.29, 0.717) is 23.7 Å². The number of ether oxygens (including phenoxy) is 2. The lowest BCUT2D eigenvalue weighted by atomic mass is 9.96. The van der Waals surface area contributed by atoms with E-state index in [-0.39, 0.29) is 30.3 Å². The van der Waals surface area contributed by atoms with Gasteiger partial charge in [0.25, 0.3) is 0 Å². The highest BCUT2D eigenvalue weighted by Gasteiger charge is 2.29. The lowest BCUT2D eigenvalue weighted by Gasteiger charge is -2.31. The quantitative estimate of drug-likeness (QED) is 0.630. The third-order valence-electron chi connectivity index (χ3n) is 4.67. The number of carbonyl (C=O) groups is 2. The van der Waals surface area contributed by atoms with Crippen LogP contribution in [0, 0.1) is 5.82 Å². The zero-order valence-electron chi connectivity index (χ0n) is 16.2. The average Bonchev–Trinajstić information content (AvgIpc) is 2.70. The van der Waals surface area contributed by atoms with Crippen LogP contribution in [0.2, 0.25) is 0 Å². The van der Waals surface area contributed by atoms with Crippen molar-refractivity contribution in [3.8, 4) is 11.5 Å². The van der Waals surface area contributed by atoms with Crippen molar-refractivity contribution in [3.05, 3.63) is 70.1 Å². The number of hydrogen-bond acceptors (Lipinski definition) is 4. The molecule has 0 saturated heterocycles. The van der Waals surface area contributed by atoms with Crippen molar-refractivity contribution in [2.45, 2.75) is 25.8 Å². The molecule has 0 unspecified atom stereocenters. The number of carbonyl (C=O) groups excluding carboxylic acids is 2. The fourth-order valence-corrected chi connectivity index (χ4v) is 3.70. The van der Waals surface area contributed by atoms with Crippen LogP contribution in [0.4, 0.5) is 4.39 Å². The summed E-state index contributed by atoms with van der Waals surface area (Å²) >= 11 is 3.49. The molecule has 0 radical (unpaired) electrons. The third-order valence-corrected chi connectivity index (χ3v) is 5.41. The first-order valence-electron chi connectivity index (χ1n) is 9.19. The minimum absolute atomic E-state index is 0.0766. The monoisotopic (exact) mass is 461 g/mol. The maximum absolute atomic E-state index is 13.3. The van der Waals surface area contributed by atoms with E-state index in [1.165, 1.54) is 29.3 Å². The summed E-state index contributed by atoms with van der Waals surface area (Å²) in [6.07, 6.45) is 3.15. The topological polar surface area (TPSA) is 55.8 Å². The van der Waals surface area contributed by atoms with Crippen LogP contribution in [0.25, 0.3) is 0 Å². The molecule has 0 N–H and O–H groups in total. The Balaban J connectivity index is 1.87. The molecule has 1 aliphatic rings. The minimum Gasteiger partial charge on any atom is -0.493 e. The van der Waals surface area contributed by atoms with Gasteiger partial charge in [-0.1, -0.05) is 28.1 Å². The molecule has 0 saturated carbocycles. The molecule has 152 valence electrons. The number of nitrogens with zero attached hydrogens (tertiary/aromatic N) is 1. The number of amides is 1. The van der Waals surface area contributed by atoms with E-state index in [1.807, 2.05) is 6.92 Å². The van der Waals surface area contributed by atoms with Gasteiger partial charge in [0.05, 0.1) is 26.2 Å². The Morgan fingerprint density at radius 1 is 1.24 bits per heavy atom. The van der Waals surface area contributed by atoms with Gasteiger partial charge in [0, 0.05) is 17.1 Å². The molecule has 7 heteroatoms. The summed E-state index contributed by atoms with van der Waals surface area (Å²) in [6.45, 7) is 2.37. The van der Waals surface area contributed by atoms with Gasteiger partial charge in [0.2, 0.25) is 5.91 Å².